The van der Waals surface area contributed by atoms with Crippen molar-refractivity contribution in [3.63, 3.8) is 0 Å². The Kier molecular flexibility index (Phi) is 3.33. The van der Waals surface area contributed by atoms with Crippen molar-refractivity contribution in [2.45, 2.75) is 6.92 Å². The van der Waals surface area contributed by atoms with E-state index < -0.39 is 0 Å². The van der Waals surface area contributed by atoms with E-state index in [0.29, 0.717) is 6.61 Å². The summed E-state index contributed by atoms with van der Waals surface area (Å²) in [6, 6.07) is 16.2. The van der Waals surface area contributed by atoms with Gasteiger partial charge in [0.05, 0.1) is 13.7 Å². The number of ether oxygens (including phenoxy) is 2. The van der Waals surface area contributed by atoms with Crippen LogP contribution >= 0.6 is 0 Å². The number of aromatic nitrogens is 1. The van der Waals surface area contributed by atoms with Gasteiger partial charge in [0.15, 0.2) is 0 Å². The molecule has 0 radical (unpaired) electrons. The number of rotatable bonds is 4. The molecule has 0 fully saturated rings. The smallest absolute Gasteiger partial charge is 0.120 e. The first-order valence-electron chi connectivity index (χ1n) is 6.70. The molecule has 1 aromatic heterocycles. The molecule has 1 N–H and O–H groups in total. The molecule has 0 aliphatic rings. The highest BCUT2D eigenvalue weighted by Crippen LogP contribution is 2.28. The molecule has 2 aromatic carbocycles. The minimum absolute atomic E-state index is 0.679. The molecule has 3 aromatic rings. The molecule has 1 heterocycles. The molecule has 0 aliphatic carbocycles. The van der Waals surface area contributed by atoms with Crippen LogP contribution in [0.25, 0.3) is 22.2 Å². The maximum atomic E-state index is 5.53. The standard InChI is InChI=1S/C17H17NO2/c1-3-20-15-7-8-16-13(10-15)11-17(18-16)12-5-4-6-14(9-12)19-2/h4-11,18H,3H2,1-2H3. The second-order valence-electron chi connectivity index (χ2n) is 4.60. The maximum absolute atomic E-state index is 5.53. The zero-order valence-electron chi connectivity index (χ0n) is 11.6. The lowest BCUT2D eigenvalue weighted by atomic mass is 10.1. The summed E-state index contributed by atoms with van der Waals surface area (Å²) in [4.78, 5) is 3.42. The highest BCUT2D eigenvalue weighted by molar-refractivity contribution is 5.87. The average molecular weight is 267 g/mol. The second kappa shape index (κ2) is 5.29. The van der Waals surface area contributed by atoms with Crippen LogP contribution in [-0.2, 0) is 0 Å². The fraction of sp³-hybridized carbons (Fsp3) is 0.176. The third-order valence-corrected chi connectivity index (χ3v) is 3.28. The molecule has 0 saturated carbocycles. The Labute approximate surface area is 118 Å². The highest BCUT2D eigenvalue weighted by atomic mass is 16.5. The zero-order chi connectivity index (χ0) is 13.9. The number of nitrogens with one attached hydrogen (secondary N) is 1. The van der Waals surface area contributed by atoms with Crippen LogP contribution in [0.3, 0.4) is 0 Å². The zero-order valence-corrected chi connectivity index (χ0v) is 11.6. The topological polar surface area (TPSA) is 34.2 Å². The Hall–Kier alpha value is -2.42. The molecule has 0 amide bonds. The van der Waals surface area contributed by atoms with Gasteiger partial charge in [-0.05, 0) is 43.3 Å². The summed E-state index contributed by atoms with van der Waals surface area (Å²) in [5.74, 6) is 1.76. The van der Waals surface area contributed by atoms with Crippen LogP contribution in [-0.4, -0.2) is 18.7 Å². The first-order valence-corrected chi connectivity index (χ1v) is 6.70. The largest absolute Gasteiger partial charge is 0.497 e. The molecule has 20 heavy (non-hydrogen) atoms. The van der Waals surface area contributed by atoms with Crippen molar-refractivity contribution in [3.8, 4) is 22.8 Å². The highest BCUT2D eigenvalue weighted by Gasteiger charge is 2.05. The van der Waals surface area contributed by atoms with E-state index >= 15 is 0 Å². The number of aromatic amines is 1. The van der Waals surface area contributed by atoms with Crippen LogP contribution in [0, 0.1) is 0 Å². The normalized spacial score (nSPS) is 10.7. The Morgan fingerprint density at radius 3 is 2.70 bits per heavy atom. The molecule has 0 bridgehead atoms. The van der Waals surface area contributed by atoms with E-state index in [1.165, 1.54) is 0 Å². The summed E-state index contributed by atoms with van der Waals surface area (Å²) in [5.41, 5.74) is 3.29. The maximum Gasteiger partial charge on any atom is 0.120 e. The number of methoxy groups -OCH3 is 1. The number of hydrogen-bond donors (Lipinski definition) is 1. The van der Waals surface area contributed by atoms with Crippen molar-refractivity contribution >= 4 is 10.9 Å². The van der Waals surface area contributed by atoms with E-state index in [1.807, 2.05) is 37.3 Å². The number of benzene rings is 2. The van der Waals surface area contributed by atoms with Gasteiger partial charge in [-0.25, -0.2) is 0 Å². The van der Waals surface area contributed by atoms with Crippen LogP contribution in [0.1, 0.15) is 6.92 Å². The first-order chi connectivity index (χ1) is 9.80. The Morgan fingerprint density at radius 2 is 1.90 bits per heavy atom. The first kappa shape index (κ1) is 12.6. The third-order valence-electron chi connectivity index (χ3n) is 3.28. The lowest BCUT2D eigenvalue weighted by Gasteiger charge is -2.02. The third kappa shape index (κ3) is 2.35. The Morgan fingerprint density at radius 1 is 1.00 bits per heavy atom. The lowest BCUT2D eigenvalue weighted by Crippen LogP contribution is -1.90. The molecular weight excluding hydrogens is 250 g/mol. The van der Waals surface area contributed by atoms with Gasteiger partial charge in [0.1, 0.15) is 11.5 Å². The van der Waals surface area contributed by atoms with E-state index in [9.17, 15) is 0 Å². The predicted octanol–water partition coefficient (Wildman–Crippen LogP) is 4.24. The lowest BCUT2D eigenvalue weighted by molar-refractivity contribution is 0.341. The van der Waals surface area contributed by atoms with Crippen molar-refractivity contribution in [3.05, 3.63) is 48.5 Å². The number of fused-ring (bicyclic) bond motifs is 1. The van der Waals surface area contributed by atoms with E-state index in [-0.39, 0.29) is 0 Å². The molecular formula is C17H17NO2. The predicted molar refractivity (Wildman–Crippen MR) is 81.5 cm³/mol. The van der Waals surface area contributed by atoms with E-state index in [4.69, 9.17) is 9.47 Å². The van der Waals surface area contributed by atoms with Gasteiger partial charge in [-0.15, -0.1) is 0 Å². The summed E-state index contributed by atoms with van der Waals surface area (Å²) >= 11 is 0. The van der Waals surface area contributed by atoms with Gasteiger partial charge in [0.25, 0.3) is 0 Å². The quantitative estimate of drug-likeness (QED) is 0.767. The number of H-pyrrole nitrogens is 1. The van der Waals surface area contributed by atoms with Crippen molar-refractivity contribution in [2.24, 2.45) is 0 Å². The van der Waals surface area contributed by atoms with Gasteiger partial charge in [-0.2, -0.15) is 0 Å². The molecule has 0 spiro atoms. The van der Waals surface area contributed by atoms with Crippen molar-refractivity contribution < 1.29 is 9.47 Å². The molecule has 3 heteroatoms. The summed E-state index contributed by atoms with van der Waals surface area (Å²) in [6.07, 6.45) is 0. The Bertz CT molecular complexity index is 731. The fourth-order valence-corrected chi connectivity index (χ4v) is 2.31. The molecule has 0 atom stereocenters. The van der Waals surface area contributed by atoms with Crippen LogP contribution in [0.2, 0.25) is 0 Å². The molecule has 0 saturated heterocycles. The van der Waals surface area contributed by atoms with Crippen LogP contribution in [0.5, 0.6) is 11.5 Å². The van der Waals surface area contributed by atoms with E-state index in [2.05, 4.69) is 23.2 Å². The summed E-state index contributed by atoms with van der Waals surface area (Å²) in [5, 5.41) is 1.15. The molecule has 3 nitrogen and oxygen atoms in total. The van der Waals surface area contributed by atoms with E-state index in [1.54, 1.807) is 7.11 Å². The SMILES string of the molecule is CCOc1ccc2[nH]c(-c3cccc(OC)c3)cc2c1. The van der Waals surface area contributed by atoms with Crippen molar-refractivity contribution in [1.82, 2.24) is 4.98 Å². The summed E-state index contributed by atoms with van der Waals surface area (Å²) < 4.78 is 10.8. The molecule has 102 valence electrons. The van der Waals surface area contributed by atoms with Gasteiger partial charge in [-0.3, -0.25) is 0 Å². The molecule has 0 aliphatic heterocycles. The van der Waals surface area contributed by atoms with Crippen LogP contribution < -0.4 is 9.47 Å². The molecule has 3 rings (SSSR count). The van der Waals surface area contributed by atoms with Gasteiger partial charge >= 0.3 is 0 Å². The van der Waals surface area contributed by atoms with Crippen LogP contribution in [0.15, 0.2) is 48.5 Å². The van der Waals surface area contributed by atoms with Gasteiger partial charge in [0.2, 0.25) is 0 Å². The second-order valence-corrected chi connectivity index (χ2v) is 4.60. The van der Waals surface area contributed by atoms with E-state index in [0.717, 1.165) is 33.7 Å². The summed E-state index contributed by atoms with van der Waals surface area (Å²) in [6.45, 7) is 2.67. The number of hydrogen-bond acceptors (Lipinski definition) is 2. The van der Waals surface area contributed by atoms with Gasteiger partial charge in [0, 0.05) is 22.2 Å². The van der Waals surface area contributed by atoms with Gasteiger partial charge in [-0.1, -0.05) is 12.1 Å². The van der Waals surface area contributed by atoms with Crippen LogP contribution in [0.4, 0.5) is 0 Å². The Balaban J connectivity index is 2.03. The van der Waals surface area contributed by atoms with Gasteiger partial charge < -0.3 is 14.5 Å². The minimum atomic E-state index is 0.679. The van der Waals surface area contributed by atoms with Crippen molar-refractivity contribution in [2.75, 3.05) is 13.7 Å². The van der Waals surface area contributed by atoms with Crippen molar-refractivity contribution in [1.29, 1.82) is 0 Å². The summed E-state index contributed by atoms with van der Waals surface area (Å²) in [7, 11) is 1.68. The minimum Gasteiger partial charge on any atom is -0.497 e. The fourth-order valence-electron chi connectivity index (χ4n) is 2.31. The average Bonchev–Trinajstić information content (AvgIpc) is 2.91. The molecule has 0 unspecified atom stereocenters. The monoisotopic (exact) mass is 267 g/mol.